The van der Waals surface area contributed by atoms with Crippen molar-refractivity contribution < 1.29 is 9.84 Å². The van der Waals surface area contributed by atoms with Gasteiger partial charge >= 0.3 is 0 Å². The van der Waals surface area contributed by atoms with E-state index in [1.165, 1.54) is 18.4 Å². The lowest BCUT2D eigenvalue weighted by molar-refractivity contribution is -0.0725. The zero-order valence-corrected chi connectivity index (χ0v) is 9.38. The van der Waals surface area contributed by atoms with E-state index in [0.29, 0.717) is 12.5 Å². The largest absolute Gasteiger partial charge is 0.394 e. The second-order valence-corrected chi connectivity index (χ2v) is 4.64. The van der Waals surface area contributed by atoms with Gasteiger partial charge in [-0.3, -0.25) is 0 Å². The highest BCUT2D eigenvalue weighted by atomic mass is 16.5. The van der Waals surface area contributed by atoms with Crippen LogP contribution in [0.4, 0.5) is 0 Å². The molecule has 0 heterocycles. The van der Waals surface area contributed by atoms with E-state index in [9.17, 15) is 0 Å². The van der Waals surface area contributed by atoms with Gasteiger partial charge in [-0.15, -0.1) is 0 Å². The summed E-state index contributed by atoms with van der Waals surface area (Å²) in [6.45, 7) is 8.86. The van der Waals surface area contributed by atoms with Crippen LogP contribution in [0.15, 0.2) is 12.2 Å². The van der Waals surface area contributed by atoms with Crippen molar-refractivity contribution in [1.29, 1.82) is 0 Å². The first-order valence-corrected chi connectivity index (χ1v) is 5.47. The summed E-state index contributed by atoms with van der Waals surface area (Å²) >= 11 is 0. The molecule has 82 valence electrons. The molecular weight excluding hydrogens is 176 g/mol. The lowest BCUT2D eigenvalue weighted by Crippen LogP contribution is -2.35. The highest BCUT2D eigenvalue weighted by molar-refractivity contribution is 5.00. The Bertz CT molecular complexity index is 190. The zero-order valence-electron chi connectivity index (χ0n) is 9.38. The molecule has 1 N–H and O–H groups in total. The topological polar surface area (TPSA) is 29.5 Å². The molecule has 1 rings (SSSR count). The molecule has 0 saturated heterocycles. The number of hydrogen-bond acceptors (Lipinski definition) is 2. The molecule has 0 aliphatic heterocycles. The number of aliphatic hydroxyl groups excluding tert-OH is 1. The smallest absolute Gasteiger partial charge is 0.0705 e. The SMILES string of the molecule is C=C(C)C1CCC(C)(OCCO)CC1. The zero-order chi connectivity index (χ0) is 10.6. The van der Waals surface area contributed by atoms with Crippen LogP contribution in [0.2, 0.25) is 0 Å². The summed E-state index contributed by atoms with van der Waals surface area (Å²) in [6.07, 6.45) is 4.53. The van der Waals surface area contributed by atoms with Crippen LogP contribution < -0.4 is 0 Å². The predicted octanol–water partition coefficient (Wildman–Crippen LogP) is 2.52. The quantitative estimate of drug-likeness (QED) is 0.703. The number of ether oxygens (including phenoxy) is 1. The highest BCUT2D eigenvalue weighted by Gasteiger charge is 2.31. The van der Waals surface area contributed by atoms with Gasteiger partial charge in [0.1, 0.15) is 0 Å². The molecule has 1 saturated carbocycles. The number of aliphatic hydroxyl groups is 1. The molecule has 0 unspecified atom stereocenters. The van der Waals surface area contributed by atoms with E-state index in [0.717, 1.165) is 12.8 Å². The van der Waals surface area contributed by atoms with Crippen molar-refractivity contribution in [3.05, 3.63) is 12.2 Å². The molecule has 0 radical (unpaired) electrons. The molecule has 14 heavy (non-hydrogen) atoms. The van der Waals surface area contributed by atoms with Crippen molar-refractivity contribution in [2.45, 2.75) is 45.1 Å². The van der Waals surface area contributed by atoms with Crippen molar-refractivity contribution in [3.8, 4) is 0 Å². The maximum Gasteiger partial charge on any atom is 0.0705 e. The van der Waals surface area contributed by atoms with Crippen molar-refractivity contribution >= 4 is 0 Å². The first-order chi connectivity index (χ1) is 6.57. The minimum Gasteiger partial charge on any atom is -0.394 e. The van der Waals surface area contributed by atoms with E-state index < -0.39 is 0 Å². The minimum absolute atomic E-state index is 0.00528. The van der Waals surface area contributed by atoms with Gasteiger partial charge in [-0.2, -0.15) is 0 Å². The Morgan fingerprint density at radius 1 is 1.50 bits per heavy atom. The third-order valence-electron chi connectivity index (χ3n) is 3.28. The Kier molecular flexibility index (Phi) is 4.14. The van der Waals surface area contributed by atoms with E-state index in [4.69, 9.17) is 9.84 Å². The second kappa shape index (κ2) is 4.94. The summed E-state index contributed by atoms with van der Waals surface area (Å²) in [7, 11) is 0. The summed E-state index contributed by atoms with van der Waals surface area (Å²) in [5.74, 6) is 0.681. The molecular formula is C12H22O2. The maximum atomic E-state index is 8.71. The highest BCUT2D eigenvalue weighted by Crippen LogP contribution is 2.37. The molecule has 0 bridgehead atoms. The van der Waals surface area contributed by atoms with E-state index in [-0.39, 0.29) is 12.2 Å². The lowest BCUT2D eigenvalue weighted by atomic mass is 9.77. The molecule has 1 aliphatic carbocycles. The Hall–Kier alpha value is -0.340. The normalized spacial score (nSPS) is 32.9. The van der Waals surface area contributed by atoms with Gasteiger partial charge in [0.15, 0.2) is 0 Å². The van der Waals surface area contributed by atoms with Gasteiger partial charge < -0.3 is 9.84 Å². The lowest BCUT2D eigenvalue weighted by Gasteiger charge is -2.37. The van der Waals surface area contributed by atoms with Crippen LogP contribution in [0, 0.1) is 5.92 Å². The Morgan fingerprint density at radius 3 is 2.50 bits per heavy atom. The van der Waals surface area contributed by atoms with Gasteiger partial charge in [0.25, 0.3) is 0 Å². The number of allylic oxidation sites excluding steroid dienone is 1. The van der Waals surface area contributed by atoms with Crippen LogP contribution >= 0.6 is 0 Å². The van der Waals surface area contributed by atoms with Gasteiger partial charge in [0.05, 0.1) is 18.8 Å². The van der Waals surface area contributed by atoms with Gasteiger partial charge in [0, 0.05) is 0 Å². The Morgan fingerprint density at radius 2 is 2.07 bits per heavy atom. The minimum atomic E-state index is -0.00528. The molecule has 1 fully saturated rings. The first kappa shape index (κ1) is 11.7. The van der Waals surface area contributed by atoms with E-state index in [2.05, 4.69) is 20.4 Å². The summed E-state index contributed by atoms with van der Waals surface area (Å²) in [5.41, 5.74) is 1.29. The van der Waals surface area contributed by atoms with Crippen LogP contribution in [0.5, 0.6) is 0 Å². The standard InChI is InChI=1S/C12H22O2/c1-10(2)11-4-6-12(3,7-5-11)14-9-8-13/h11,13H,1,4-9H2,2-3H3. The maximum absolute atomic E-state index is 8.71. The van der Waals surface area contributed by atoms with Crippen LogP contribution in [0.25, 0.3) is 0 Å². The number of hydrogen-bond donors (Lipinski definition) is 1. The Balaban J connectivity index is 2.36. The molecule has 2 nitrogen and oxygen atoms in total. The molecule has 0 aromatic heterocycles. The molecule has 0 aromatic rings. The van der Waals surface area contributed by atoms with Crippen molar-refractivity contribution in [1.82, 2.24) is 0 Å². The monoisotopic (exact) mass is 198 g/mol. The van der Waals surface area contributed by atoms with E-state index in [1.54, 1.807) is 0 Å². The summed E-state index contributed by atoms with van der Waals surface area (Å²) < 4.78 is 5.67. The first-order valence-electron chi connectivity index (χ1n) is 5.47. The summed E-state index contributed by atoms with van der Waals surface area (Å²) in [5, 5.41) is 8.71. The van der Waals surface area contributed by atoms with Crippen LogP contribution in [-0.4, -0.2) is 23.9 Å². The summed E-state index contributed by atoms with van der Waals surface area (Å²) in [6, 6.07) is 0. The molecule has 0 aromatic carbocycles. The average molecular weight is 198 g/mol. The van der Waals surface area contributed by atoms with Gasteiger partial charge in [-0.25, -0.2) is 0 Å². The Labute approximate surface area is 87.0 Å². The average Bonchev–Trinajstić information content (AvgIpc) is 2.16. The van der Waals surface area contributed by atoms with E-state index >= 15 is 0 Å². The third-order valence-corrected chi connectivity index (χ3v) is 3.28. The van der Waals surface area contributed by atoms with Crippen molar-refractivity contribution in [2.75, 3.05) is 13.2 Å². The molecule has 0 atom stereocenters. The van der Waals surface area contributed by atoms with Crippen LogP contribution in [0.3, 0.4) is 0 Å². The van der Waals surface area contributed by atoms with Gasteiger partial charge in [-0.05, 0) is 45.4 Å². The molecule has 2 heteroatoms. The van der Waals surface area contributed by atoms with Crippen molar-refractivity contribution in [2.24, 2.45) is 5.92 Å². The summed E-state index contributed by atoms with van der Waals surface area (Å²) in [4.78, 5) is 0. The van der Waals surface area contributed by atoms with Crippen LogP contribution in [-0.2, 0) is 4.74 Å². The fraction of sp³-hybridized carbons (Fsp3) is 0.833. The fourth-order valence-electron chi connectivity index (χ4n) is 2.16. The van der Waals surface area contributed by atoms with Gasteiger partial charge in [0.2, 0.25) is 0 Å². The molecule has 0 spiro atoms. The van der Waals surface area contributed by atoms with Gasteiger partial charge in [-0.1, -0.05) is 12.2 Å². The molecule has 1 aliphatic rings. The van der Waals surface area contributed by atoms with E-state index in [1.807, 2.05) is 0 Å². The number of rotatable bonds is 4. The fourth-order valence-corrected chi connectivity index (χ4v) is 2.16. The molecule has 0 amide bonds. The third kappa shape index (κ3) is 3.10. The second-order valence-electron chi connectivity index (χ2n) is 4.64. The predicted molar refractivity (Wildman–Crippen MR) is 58.2 cm³/mol. The van der Waals surface area contributed by atoms with Crippen molar-refractivity contribution in [3.63, 3.8) is 0 Å². The van der Waals surface area contributed by atoms with Crippen LogP contribution in [0.1, 0.15) is 39.5 Å².